The molecule has 0 spiro atoms. The molecular formula is C53H83NO11. The maximum atomic E-state index is 12.8. The van der Waals surface area contributed by atoms with Crippen LogP contribution in [0, 0.1) is 73.4 Å². The van der Waals surface area contributed by atoms with Gasteiger partial charge in [-0.15, -0.1) is 0 Å². The molecule has 1 heterocycles. The van der Waals surface area contributed by atoms with Crippen LogP contribution < -0.4 is 0 Å². The summed E-state index contributed by atoms with van der Waals surface area (Å²) in [6, 6.07) is 2.15. The predicted molar refractivity (Wildman–Crippen MR) is 242 cm³/mol. The number of hydrogen-bond donors (Lipinski definition) is 3. The molecule has 10 bridgehead atoms. The van der Waals surface area contributed by atoms with Crippen molar-refractivity contribution in [1.29, 1.82) is 5.26 Å². The van der Waals surface area contributed by atoms with Crippen LogP contribution >= 0.6 is 0 Å². The number of carbonyl (C=O) groups is 4. The summed E-state index contributed by atoms with van der Waals surface area (Å²) >= 11 is 0. The Morgan fingerprint density at radius 1 is 0.677 bits per heavy atom. The summed E-state index contributed by atoms with van der Waals surface area (Å²) in [6.07, 6.45) is 13.2. The van der Waals surface area contributed by atoms with Gasteiger partial charge in [0.25, 0.3) is 0 Å². The van der Waals surface area contributed by atoms with E-state index in [-0.39, 0.29) is 52.6 Å². The summed E-state index contributed by atoms with van der Waals surface area (Å²) in [7, 11) is 0. The molecule has 9 atom stereocenters. The normalized spacial score (nSPS) is 41.7. The van der Waals surface area contributed by atoms with Crippen LogP contribution in [0.25, 0.3) is 0 Å². The van der Waals surface area contributed by atoms with Crippen molar-refractivity contribution in [2.45, 2.75) is 239 Å². The van der Waals surface area contributed by atoms with E-state index in [0.29, 0.717) is 43.9 Å². The predicted octanol–water partition coefficient (Wildman–Crippen LogP) is 9.08. The summed E-state index contributed by atoms with van der Waals surface area (Å²) in [4.78, 5) is 49.4. The fourth-order valence-electron chi connectivity index (χ4n) is 14.9. The van der Waals surface area contributed by atoms with Gasteiger partial charge in [0.1, 0.15) is 23.4 Å². The van der Waals surface area contributed by atoms with Crippen LogP contribution in [-0.2, 0) is 38.1 Å². The monoisotopic (exact) mass is 910 g/mol. The van der Waals surface area contributed by atoms with Gasteiger partial charge in [0.15, 0.2) is 5.41 Å². The molecule has 366 valence electrons. The summed E-state index contributed by atoms with van der Waals surface area (Å²) in [6.45, 7) is 25.6. The maximum absolute atomic E-state index is 12.8. The molecule has 0 aromatic heterocycles. The lowest BCUT2D eigenvalue weighted by molar-refractivity contribution is -0.264. The zero-order valence-corrected chi connectivity index (χ0v) is 42.1. The Kier molecular flexibility index (Phi) is 12.3. The fourth-order valence-corrected chi connectivity index (χ4v) is 14.9. The summed E-state index contributed by atoms with van der Waals surface area (Å²) < 4.78 is 23.1. The minimum absolute atomic E-state index is 0.0105. The molecule has 11 aliphatic rings. The first-order chi connectivity index (χ1) is 29.7. The van der Waals surface area contributed by atoms with Gasteiger partial charge in [0.2, 0.25) is 0 Å². The number of fused-ring (bicyclic) bond motifs is 1. The third-order valence-electron chi connectivity index (χ3n) is 19.6. The molecule has 65 heavy (non-hydrogen) atoms. The zero-order valence-electron chi connectivity index (χ0n) is 42.1. The van der Waals surface area contributed by atoms with Crippen LogP contribution in [-0.4, -0.2) is 79.4 Å². The molecule has 0 aromatic carbocycles. The number of aliphatic hydroxyl groups is 3. The van der Waals surface area contributed by atoms with Crippen LogP contribution in [0.15, 0.2) is 0 Å². The first kappa shape index (κ1) is 50.1. The summed E-state index contributed by atoms with van der Waals surface area (Å²) in [5, 5.41) is 41.6. The van der Waals surface area contributed by atoms with Gasteiger partial charge >= 0.3 is 23.9 Å². The van der Waals surface area contributed by atoms with Crippen LogP contribution in [0.1, 0.15) is 199 Å². The van der Waals surface area contributed by atoms with Crippen molar-refractivity contribution >= 4 is 23.9 Å². The summed E-state index contributed by atoms with van der Waals surface area (Å²) in [5.74, 6) is 0.643. The van der Waals surface area contributed by atoms with E-state index in [0.717, 1.165) is 70.6 Å². The van der Waals surface area contributed by atoms with Gasteiger partial charge in [-0.1, -0.05) is 20.8 Å². The van der Waals surface area contributed by atoms with E-state index >= 15 is 0 Å². The number of carbonyl (C=O) groups excluding carboxylic acids is 4. The second-order valence-corrected chi connectivity index (χ2v) is 26.4. The fraction of sp³-hybridized carbons (Fsp3) is 0.906. The number of hydrogen-bond acceptors (Lipinski definition) is 12. The Bertz CT molecular complexity index is 1920. The lowest BCUT2D eigenvalue weighted by Gasteiger charge is -2.68. The van der Waals surface area contributed by atoms with Gasteiger partial charge in [-0.05, 0) is 182 Å². The van der Waals surface area contributed by atoms with Crippen molar-refractivity contribution in [2.75, 3.05) is 0 Å². The van der Waals surface area contributed by atoms with Crippen molar-refractivity contribution in [3.63, 3.8) is 0 Å². The van der Waals surface area contributed by atoms with Gasteiger partial charge in [-0.3, -0.25) is 19.2 Å². The lowest BCUT2D eigenvalue weighted by Crippen LogP contribution is -2.67. The average molecular weight is 910 g/mol. The van der Waals surface area contributed by atoms with Crippen molar-refractivity contribution in [2.24, 2.45) is 62.1 Å². The minimum Gasteiger partial charge on any atom is -0.459 e. The SMILES string of the molecule is CCC(C)(C)C(=O)OC(C)(C)C12CC3CC(CC(C(C)(C)O)(C3)C1)C2.CCC(C)(C)C(=O)OC12CC3CC(O)(CC(O)(C3)C1)C2.CCC(C)(C)C(=O)OC1C2CC3C1OC(=O)C3(C#N)C2. The third kappa shape index (κ3) is 8.48. The van der Waals surface area contributed by atoms with Gasteiger partial charge in [-0.25, -0.2) is 0 Å². The Balaban J connectivity index is 0.000000147. The molecule has 1 aliphatic heterocycles. The highest BCUT2D eigenvalue weighted by molar-refractivity contribution is 5.85. The van der Waals surface area contributed by atoms with Crippen molar-refractivity contribution in [3.8, 4) is 6.07 Å². The first-order valence-electron chi connectivity index (χ1n) is 25.2. The van der Waals surface area contributed by atoms with Gasteiger partial charge in [0, 0.05) is 36.5 Å². The first-order valence-corrected chi connectivity index (χ1v) is 25.2. The molecule has 0 radical (unpaired) electrons. The molecule has 11 rings (SSSR count). The van der Waals surface area contributed by atoms with Crippen LogP contribution in [0.5, 0.6) is 0 Å². The van der Waals surface area contributed by atoms with Crippen molar-refractivity contribution < 1.29 is 53.4 Å². The largest absolute Gasteiger partial charge is 0.459 e. The van der Waals surface area contributed by atoms with Crippen LogP contribution in [0.3, 0.4) is 0 Å². The number of nitriles is 1. The van der Waals surface area contributed by atoms with Crippen molar-refractivity contribution in [3.05, 3.63) is 0 Å². The minimum atomic E-state index is -0.974. The van der Waals surface area contributed by atoms with Crippen LogP contribution in [0.2, 0.25) is 0 Å². The quantitative estimate of drug-likeness (QED) is 0.132. The standard InChI is InChI=1S/C22H38O3.C16H26O4.C15H19NO4/c1-8-18(2,3)17(23)25-20(6,7)22-12-15-9-16(13-22)11-21(10-15,14-22)19(4,5)24;1-4-13(2,3)12(17)20-16-7-11-5-14(18,9-16)8-15(19,6-11)10-16;1-4-14(2,3)12(17)19-10-8-5-9-11(10)20-13(18)15(9,6-8)7-16/h15-16,24H,8-14H2,1-7H3;11,18-19H,4-10H2,1-3H3;8-11H,4-6H2,1-3H3. The zero-order chi connectivity index (χ0) is 48.4. The Hall–Kier alpha value is -2.75. The van der Waals surface area contributed by atoms with Gasteiger partial charge in [-0.2, -0.15) is 5.26 Å². The lowest BCUT2D eigenvalue weighted by atomic mass is 9.38. The number of ether oxygens (including phenoxy) is 4. The molecule has 9 unspecified atom stereocenters. The number of rotatable bonds is 11. The van der Waals surface area contributed by atoms with Crippen molar-refractivity contribution in [1.82, 2.24) is 0 Å². The molecule has 3 N–H and O–H groups in total. The molecule has 10 saturated carbocycles. The van der Waals surface area contributed by atoms with E-state index in [1.165, 1.54) is 6.42 Å². The summed E-state index contributed by atoms with van der Waals surface area (Å²) in [5.41, 5.74) is -5.93. The van der Waals surface area contributed by atoms with Gasteiger partial charge < -0.3 is 34.3 Å². The Labute approximate surface area is 389 Å². The molecule has 12 nitrogen and oxygen atoms in total. The highest BCUT2D eigenvalue weighted by Crippen LogP contribution is 2.71. The molecule has 0 aromatic rings. The van der Waals surface area contributed by atoms with E-state index in [1.807, 2.05) is 76.2 Å². The third-order valence-corrected chi connectivity index (χ3v) is 19.6. The van der Waals surface area contributed by atoms with E-state index < -0.39 is 61.7 Å². The number of esters is 4. The molecule has 1 saturated heterocycles. The second-order valence-electron chi connectivity index (χ2n) is 26.4. The average Bonchev–Trinajstić information content (AvgIpc) is 3.78. The van der Waals surface area contributed by atoms with E-state index in [2.05, 4.69) is 19.9 Å². The highest BCUT2D eigenvalue weighted by atomic mass is 16.6. The molecule has 0 amide bonds. The Morgan fingerprint density at radius 2 is 1.18 bits per heavy atom. The Morgan fingerprint density at radius 3 is 1.68 bits per heavy atom. The topological polar surface area (TPSA) is 190 Å². The van der Waals surface area contributed by atoms with Crippen LogP contribution in [0.4, 0.5) is 0 Å². The molecule has 11 fully saturated rings. The van der Waals surface area contributed by atoms with E-state index in [4.69, 9.17) is 18.9 Å². The highest BCUT2D eigenvalue weighted by Gasteiger charge is 2.73. The number of nitrogens with zero attached hydrogens (tertiary/aromatic N) is 1. The van der Waals surface area contributed by atoms with Gasteiger partial charge in [0.05, 0.1) is 39.1 Å². The smallest absolute Gasteiger partial charge is 0.327 e. The van der Waals surface area contributed by atoms with E-state index in [1.54, 1.807) is 0 Å². The molecule has 12 heteroatoms. The van der Waals surface area contributed by atoms with E-state index in [9.17, 15) is 39.8 Å². The molecular weight excluding hydrogens is 827 g/mol. The maximum Gasteiger partial charge on any atom is 0.327 e. The molecule has 10 aliphatic carbocycles. The second kappa shape index (κ2) is 15.9.